The first-order valence-electron chi connectivity index (χ1n) is 11.5. The van der Waals surface area contributed by atoms with Gasteiger partial charge in [0.25, 0.3) is 0 Å². The third kappa shape index (κ3) is 8.81. The molecule has 0 saturated heterocycles. The maximum atomic E-state index is 12.2. The summed E-state index contributed by atoms with van der Waals surface area (Å²) >= 11 is 0. The summed E-state index contributed by atoms with van der Waals surface area (Å²) in [5.74, 6) is 0. The standard InChI is InChI=1S/C29H36N2O4/c1-20(2)23-12-10-14-25(18-23)22(5)30-27(32)34-16-8-9-17-35-28(33)31-29(6,7)26-15-11-13-24(19-26)21(3)4/h8-15,18-19,22H,1,3,16-17H2,2,4-7H3,(H,30,32)(H,31,33)/b9-8-. The van der Waals surface area contributed by atoms with Crippen LogP contribution in [0.15, 0.2) is 73.8 Å². The third-order valence-corrected chi connectivity index (χ3v) is 5.49. The molecule has 0 saturated carbocycles. The molecule has 6 heteroatoms. The predicted molar refractivity (Wildman–Crippen MR) is 142 cm³/mol. The van der Waals surface area contributed by atoms with Crippen LogP contribution in [-0.4, -0.2) is 25.4 Å². The highest BCUT2D eigenvalue weighted by Gasteiger charge is 2.23. The molecule has 0 fully saturated rings. The number of carbonyl (C=O) groups is 2. The van der Waals surface area contributed by atoms with Crippen LogP contribution in [0.25, 0.3) is 11.1 Å². The van der Waals surface area contributed by atoms with E-state index in [0.717, 1.165) is 33.4 Å². The molecule has 2 rings (SSSR count). The molecular weight excluding hydrogens is 440 g/mol. The van der Waals surface area contributed by atoms with Crippen molar-refractivity contribution in [2.75, 3.05) is 13.2 Å². The molecule has 6 nitrogen and oxygen atoms in total. The van der Waals surface area contributed by atoms with Crippen LogP contribution >= 0.6 is 0 Å². The van der Waals surface area contributed by atoms with Crippen molar-refractivity contribution < 1.29 is 19.1 Å². The molecule has 0 aliphatic carbocycles. The molecular formula is C29H36N2O4. The number of amides is 2. The Morgan fingerprint density at radius 3 is 2.06 bits per heavy atom. The summed E-state index contributed by atoms with van der Waals surface area (Å²) < 4.78 is 10.4. The zero-order valence-electron chi connectivity index (χ0n) is 21.3. The second kappa shape index (κ2) is 12.6. The first kappa shape index (κ1) is 27.4. The molecule has 0 aromatic heterocycles. The smallest absolute Gasteiger partial charge is 0.408 e. The van der Waals surface area contributed by atoms with Crippen LogP contribution in [0.4, 0.5) is 9.59 Å². The van der Waals surface area contributed by atoms with Gasteiger partial charge in [0.15, 0.2) is 0 Å². The molecule has 186 valence electrons. The highest BCUT2D eigenvalue weighted by atomic mass is 16.6. The Bertz CT molecular complexity index is 1100. The van der Waals surface area contributed by atoms with Crippen molar-refractivity contribution in [2.24, 2.45) is 0 Å². The Balaban J connectivity index is 1.73. The Kier molecular flexibility index (Phi) is 9.88. The highest BCUT2D eigenvalue weighted by Crippen LogP contribution is 2.23. The lowest BCUT2D eigenvalue weighted by molar-refractivity contribution is 0.145. The van der Waals surface area contributed by atoms with Crippen LogP contribution in [0.5, 0.6) is 0 Å². The van der Waals surface area contributed by atoms with E-state index in [9.17, 15) is 9.59 Å². The van der Waals surface area contributed by atoms with Crippen LogP contribution in [-0.2, 0) is 15.0 Å². The van der Waals surface area contributed by atoms with Gasteiger partial charge in [0.1, 0.15) is 13.2 Å². The summed E-state index contributed by atoms with van der Waals surface area (Å²) in [6.07, 6.45) is 2.19. The molecule has 0 bridgehead atoms. The Morgan fingerprint density at radius 2 is 1.46 bits per heavy atom. The summed E-state index contributed by atoms with van der Waals surface area (Å²) in [6.45, 7) is 17.6. The average Bonchev–Trinajstić information content (AvgIpc) is 2.81. The molecule has 0 heterocycles. The number of hydrogen-bond donors (Lipinski definition) is 2. The second-order valence-electron chi connectivity index (χ2n) is 9.05. The summed E-state index contributed by atoms with van der Waals surface area (Å²) in [7, 11) is 0. The SMILES string of the molecule is C=C(C)c1cccc(C(C)NC(=O)OC/C=C\COC(=O)NC(C)(C)c2cccc(C(=C)C)c2)c1. The van der Waals surface area contributed by atoms with Crippen LogP contribution in [0.3, 0.4) is 0 Å². The molecule has 0 radical (unpaired) electrons. The maximum Gasteiger partial charge on any atom is 0.408 e. The molecule has 35 heavy (non-hydrogen) atoms. The number of ether oxygens (including phenoxy) is 2. The molecule has 0 aliphatic heterocycles. The summed E-state index contributed by atoms with van der Waals surface area (Å²) in [4.78, 5) is 24.3. The van der Waals surface area contributed by atoms with Gasteiger partial charge in [-0.1, -0.05) is 60.7 Å². The van der Waals surface area contributed by atoms with E-state index in [1.54, 1.807) is 12.2 Å². The summed E-state index contributed by atoms with van der Waals surface area (Å²) in [5.41, 5.74) is 5.26. The van der Waals surface area contributed by atoms with Gasteiger partial charge in [0.2, 0.25) is 0 Å². The number of benzene rings is 2. The fourth-order valence-electron chi connectivity index (χ4n) is 3.30. The Labute approximate surface area is 208 Å². The third-order valence-electron chi connectivity index (χ3n) is 5.49. The van der Waals surface area contributed by atoms with Gasteiger partial charge in [0, 0.05) is 0 Å². The van der Waals surface area contributed by atoms with Gasteiger partial charge >= 0.3 is 12.2 Å². The molecule has 1 unspecified atom stereocenters. The zero-order chi connectivity index (χ0) is 26.0. The van der Waals surface area contributed by atoms with E-state index in [1.165, 1.54) is 0 Å². The van der Waals surface area contributed by atoms with E-state index in [4.69, 9.17) is 9.47 Å². The molecule has 0 spiro atoms. The molecule has 0 aliphatic rings. The van der Waals surface area contributed by atoms with Crippen LogP contribution < -0.4 is 10.6 Å². The average molecular weight is 477 g/mol. The van der Waals surface area contributed by atoms with Crippen molar-refractivity contribution in [2.45, 2.75) is 46.2 Å². The topological polar surface area (TPSA) is 76.7 Å². The number of alkyl carbamates (subject to hydrolysis) is 2. The van der Waals surface area contributed by atoms with Gasteiger partial charge in [0.05, 0.1) is 11.6 Å². The van der Waals surface area contributed by atoms with Crippen molar-refractivity contribution >= 4 is 23.3 Å². The molecule has 1 atom stereocenters. The lowest BCUT2D eigenvalue weighted by Gasteiger charge is -2.27. The minimum atomic E-state index is -0.617. The van der Waals surface area contributed by atoms with Gasteiger partial charge in [-0.15, -0.1) is 0 Å². The van der Waals surface area contributed by atoms with Gasteiger partial charge in [-0.2, -0.15) is 0 Å². The number of rotatable bonds is 10. The van der Waals surface area contributed by atoms with Crippen LogP contribution in [0, 0.1) is 0 Å². The maximum absolute atomic E-state index is 12.2. The lowest BCUT2D eigenvalue weighted by Crippen LogP contribution is -2.41. The highest BCUT2D eigenvalue weighted by molar-refractivity contribution is 5.69. The van der Waals surface area contributed by atoms with Crippen LogP contribution in [0.2, 0.25) is 0 Å². The van der Waals surface area contributed by atoms with Crippen molar-refractivity contribution in [1.29, 1.82) is 0 Å². The van der Waals surface area contributed by atoms with Crippen molar-refractivity contribution in [3.63, 3.8) is 0 Å². The van der Waals surface area contributed by atoms with Gasteiger partial charge < -0.3 is 20.1 Å². The number of hydrogen-bond acceptors (Lipinski definition) is 4. The second-order valence-corrected chi connectivity index (χ2v) is 9.05. The van der Waals surface area contributed by atoms with E-state index in [2.05, 4.69) is 23.8 Å². The molecule has 2 aromatic carbocycles. The molecule has 2 aromatic rings. The van der Waals surface area contributed by atoms with Crippen molar-refractivity contribution in [3.8, 4) is 0 Å². The normalized spacial score (nSPS) is 12.0. The summed E-state index contributed by atoms with van der Waals surface area (Å²) in [5, 5.41) is 5.67. The Morgan fingerprint density at radius 1 is 0.914 bits per heavy atom. The number of carbonyl (C=O) groups excluding carboxylic acids is 2. The van der Waals surface area contributed by atoms with E-state index >= 15 is 0 Å². The monoisotopic (exact) mass is 476 g/mol. The molecule has 2 N–H and O–H groups in total. The fraction of sp³-hybridized carbons (Fsp3) is 0.310. The van der Waals surface area contributed by atoms with E-state index in [1.807, 2.05) is 83.1 Å². The van der Waals surface area contributed by atoms with Gasteiger partial charge in [-0.05, 0) is 81.2 Å². The van der Waals surface area contributed by atoms with Gasteiger partial charge in [-0.25, -0.2) is 9.59 Å². The molecule has 2 amide bonds. The first-order chi connectivity index (χ1) is 16.5. The minimum Gasteiger partial charge on any atom is -0.445 e. The minimum absolute atomic E-state index is 0.0583. The zero-order valence-corrected chi connectivity index (χ0v) is 21.3. The van der Waals surface area contributed by atoms with Crippen molar-refractivity contribution in [3.05, 3.63) is 96.1 Å². The van der Waals surface area contributed by atoms with Crippen molar-refractivity contribution in [1.82, 2.24) is 10.6 Å². The van der Waals surface area contributed by atoms with Gasteiger partial charge in [-0.3, -0.25) is 0 Å². The predicted octanol–water partition coefficient (Wildman–Crippen LogP) is 6.76. The first-order valence-corrected chi connectivity index (χ1v) is 11.5. The lowest BCUT2D eigenvalue weighted by atomic mass is 9.92. The fourth-order valence-corrected chi connectivity index (χ4v) is 3.30. The van der Waals surface area contributed by atoms with E-state index < -0.39 is 17.7 Å². The number of nitrogens with one attached hydrogen (secondary N) is 2. The van der Waals surface area contributed by atoms with E-state index in [-0.39, 0.29) is 19.3 Å². The Hall–Kier alpha value is -3.80. The number of allylic oxidation sites excluding steroid dienone is 2. The largest absolute Gasteiger partial charge is 0.445 e. The van der Waals surface area contributed by atoms with Crippen LogP contribution in [0.1, 0.15) is 62.9 Å². The quantitative estimate of drug-likeness (QED) is 0.372. The van der Waals surface area contributed by atoms with E-state index in [0.29, 0.717) is 0 Å². The summed E-state index contributed by atoms with van der Waals surface area (Å²) in [6, 6.07) is 15.5.